The van der Waals surface area contributed by atoms with Gasteiger partial charge in [0, 0.05) is 12.6 Å². The Kier molecular flexibility index (Phi) is 4.20. The average Bonchev–Trinajstić information content (AvgIpc) is 2.15. The molecule has 0 bridgehead atoms. The molecule has 1 saturated heterocycles. The summed E-state index contributed by atoms with van der Waals surface area (Å²) in [5.74, 6) is 0.617. The minimum Gasteiger partial charge on any atom is -0.351 e. The zero-order chi connectivity index (χ0) is 10.6. The van der Waals surface area contributed by atoms with E-state index in [0.29, 0.717) is 5.92 Å². The van der Waals surface area contributed by atoms with Gasteiger partial charge in [0.1, 0.15) is 0 Å². The van der Waals surface area contributed by atoms with Gasteiger partial charge in [0.25, 0.3) is 0 Å². The molecule has 0 unspecified atom stereocenters. The van der Waals surface area contributed by atoms with Gasteiger partial charge in [-0.05, 0) is 45.7 Å². The summed E-state index contributed by atoms with van der Waals surface area (Å²) < 4.78 is 0. The minimum absolute atomic E-state index is 0.211. The average molecular weight is 199 g/mol. The molecule has 0 spiro atoms. The monoisotopic (exact) mass is 199 g/mol. The number of nitrogens with one attached hydrogen (secondary N) is 1. The third kappa shape index (κ3) is 3.18. The highest BCUT2D eigenvalue weighted by Gasteiger charge is 2.20. The summed E-state index contributed by atoms with van der Waals surface area (Å²) in [7, 11) is 0. The predicted molar refractivity (Wildman–Crippen MR) is 57.0 cm³/mol. The maximum Gasteiger partial charge on any atom is 0.315 e. The van der Waals surface area contributed by atoms with Crippen LogP contribution in [0.3, 0.4) is 0 Å². The molecule has 1 fully saturated rings. The SMILES string of the molecule is CC(C)N(CC1CCNCC1)C(N)=O. The molecule has 0 aromatic carbocycles. The lowest BCUT2D eigenvalue weighted by Gasteiger charge is -2.31. The predicted octanol–water partition coefficient (Wildman–Crippen LogP) is 0.775. The summed E-state index contributed by atoms with van der Waals surface area (Å²) in [4.78, 5) is 12.9. The molecule has 0 aliphatic carbocycles. The van der Waals surface area contributed by atoms with Crippen LogP contribution in [0.5, 0.6) is 0 Å². The van der Waals surface area contributed by atoms with Gasteiger partial charge in [-0.15, -0.1) is 0 Å². The number of piperidine rings is 1. The minimum atomic E-state index is -0.293. The lowest BCUT2D eigenvalue weighted by atomic mass is 9.97. The summed E-state index contributed by atoms with van der Waals surface area (Å²) in [5.41, 5.74) is 5.33. The first-order valence-corrected chi connectivity index (χ1v) is 5.38. The van der Waals surface area contributed by atoms with Crippen molar-refractivity contribution in [3.8, 4) is 0 Å². The van der Waals surface area contributed by atoms with E-state index in [-0.39, 0.29) is 12.1 Å². The summed E-state index contributed by atoms with van der Waals surface area (Å²) in [6, 6.07) is -0.0825. The molecule has 1 aliphatic heterocycles. The Hall–Kier alpha value is -0.770. The highest BCUT2D eigenvalue weighted by atomic mass is 16.2. The molecule has 82 valence electrons. The lowest BCUT2D eigenvalue weighted by molar-refractivity contribution is 0.171. The fraction of sp³-hybridized carbons (Fsp3) is 0.900. The molecule has 3 N–H and O–H groups in total. The molecular formula is C10H21N3O. The Labute approximate surface area is 85.8 Å². The molecule has 14 heavy (non-hydrogen) atoms. The van der Waals surface area contributed by atoms with Crippen molar-refractivity contribution in [2.24, 2.45) is 11.7 Å². The number of amides is 2. The van der Waals surface area contributed by atoms with E-state index < -0.39 is 0 Å². The van der Waals surface area contributed by atoms with Crippen molar-refractivity contribution in [2.45, 2.75) is 32.7 Å². The van der Waals surface area contributed by atoms with Crippen LogP contribution in [0.25, 0.3) is 0 Å². The van der Waals surface area contributed by atoms with Crippen LogP contribution < -0.4 is 11.1 Å². The molecule has 4 nitrogen and oxygen atoms in total. The first-order valence-electron chi connectivity index (χ1n) is 5.38. The lowest BCUT2D eigenvalue weighted by Crippen LogP contribution is -2.45. The van der Waals surface area contributed by atoms with Gasteiger partial charge in [-0.2, -0.15) is 0 Å². The van der Waals surface area contributed by atoms with Crippen molar-refractivity contribution in [1.82, 2.24) is 10.2 Å². The first kappa shape index (κ1) is 11.3. The highest BCUT2D eigenvalue weighted by molar-refractivity contribution is 5.72. The van der Waals surface area contributed by atoms with Gasteiger partial charge >= 0.3 is 6.03 Å². The zero-order valence-corrected chi connectivity index (χ0v) is 9.12. The third-order valence-electron chi connectivity index (χ3n) is 2.82. The van der Waals surface area contributed by atoms with Gasteiger partial charge in [-0.25, -0.2) is 4.79 Å². The van der Waals surface area contributed by atoms with Crippen LogP contribution in [0.4, 0.5) is 4.79 Å². The second-order valence-electron chi connectivity index (χ2n) is 4.28. The fourth-order valence-corrected chi connectivity index (χ4v) is 1.90. The van der Waals surface area contributed by atoms with Crippen LogP contribution in [0.15, 0.2) is 0 Å². The van der Waals surface area contributed by atoms with Crippen LogP contribution >= 0.6 is 0 Å². The van der Waals surface area contributed by atoms with E-state index in [1.165, 1.54) is 0 Å². The largest absolute Gasteiger partial charge is 0.351 e. The van der Waals surface area contributed by atoms with E-state index >= 15 is 0 Å². The van der Waals surface area contributed by atoms with Crippen LogP contribution in [0.2, 0.25) is 0 Å². The van der Waals surface area contributed by atoms with Crippen molar-refractivity contribution in [3.05, 3.63) is 0 Å². The highest BCUT2D eigenvalue weighted by Crippen LogP contribution is 2.14. The number of hydrogen-bond acceptors (Lipinski definition) is 2. The summed E-state index contributed by atoms with van der Waals surface area (Å²) in [6.07, 6.45) is 2.30. The van der Waals surface area contributed by atoms with Gasteiger partial charge in [0.2, 0.25) is 0 Å². The number of rotatable bonds is 3. The Morgan fingerprint density at radius 2 is 2.07 bits per heavy atom. The van der Waals surface area contributed by atoms with Crippen molar-refractivity contribution in [2.75, 3.05) is 19.6 Å². The van der Waals surface area contributed by atoms with Crippen molar-refractivity contribution < 1.29 is 4.79 Å². The van der Waals surface area contributed by atoms with Gasteiger partial charge < -0.3 is 16.0 Å². The van der Waals surface area contributed by atoms with E-state index in [4.69, 9.17) is 5.73 Å². The Morgan fingerprint density at radius 1 is 1.50 bits per heavy atom. The molecule has 0 saturated carbocycles. The topological polar surface area (TPSA) is 58.4 Å². The Morgan fingerprint density at radius 3 is 2.50 bits per heavy atom. The molecule has 1 rings (SSSR count). The van der Waals surface area contributed by atoms with Crippen LogP contribution in [0, 0.1) is 5.92 Å². The second-order valence-corrected chi connectivity index (χ2v) is 4.28. The molecule has 1 aliphatic rings. The van der Waals surface area contributed by atoms with E-state index in [2.05, 4.69) is 5.32 Å². The summed E-state index contributed by atoms with van der Waals surface area (Å²) in [6.45, 7) is 6.96. The second kappa shape index (κ2) is 5.20. The van der Waals surface area contributed by atoms with Crippen LogP contribution in [-0.2, 0) is 0 Å². The Balaban J connectivity index is 2.41. The van der Waals surface area contributed by atoms with Crippen molar-refractivity contribution in [1.29, 1.82) is 0 Å². The van der Waals surface area contributed by atoms with Crippen LogP contribution in [0.1, 0.15) is 26.7 Å². The standard InChI is InChI=1S/C10H21N3O/c1-8(2)13(10(11)14)7-9-3-5-12-6-4-9/h8-9,12H,3-7H2,1-2H3,(H2,11,14). The third-order valence-corrected chi connectivity index (χ3v) is 2.82. The molecule has 0 aromatic heterocycles. The molecule has 0 atom stereocenters. The maximum absolute atomic E-state index is 11.1. The zero-order valence-electron chi connectivity index (χ0n) is 9.12. The normalized spacial score (nSPS) is 18.5. The fourth-order valence-electron chi connectivity index (χ4n) is 1.90. The van der Waals surface area contributed by atoms with Gasteiger partial charge in [0.15, 0.2) is 0 Å². The molecular weight excluding hydrogens is 178 g/mol. The van der Waals surface area contributed by atoms with E-state index in [0.717, 1.165) is 32.5 Å². The molecule has 0 radical (unpaired) electrons. The Bertz CT molecular complexity index is 188. The summed E-state index contributed by atoms with van der Waals surface area (Å²) >= 11 is 0. The van der Waals surface area contributed by atoms with Crippen molar-refractivity contribution in [3.63, 3.8) is 0 Å². The van der Waals surface area contributed by atoms with Gasteiger partial charge in [-0.3, -0.25) is 0 Å². The van der Waals surface area contributed by atoms with Gasteiger partial charge in [0.05, 0.1) is 0 Å². The number of carbonyl (C=O) groups excluding carboxylic acids is 1. The van der Waals surface area contributed by atoms with Crippen LogP contribution in [-0.4, -0.2) is 36.6 Å². The molecule has 2 amide bonds. The van der Waals surface area contributed by atoms with Gasteiger partial charge in [-0.1, -0.05) is 0 Å². The first-order chi connectivity index (χ1) is 6.61. The number of carbonyl (C=O) groups is 1. The van der Waals surface area contributed by atoms with E-state index in [1.807, 2.05) is 13.8 Å². The van der Waals surface area contributed by atoms with E-state index in [1.54, 1.807) is 4.90 Å². The van der Waals surface area contributed by atoms with E-state index in [9.17, 15) is 4.79 Å². The number of nitrogens with two attached hydrogens (primary N) is 1. The number of urea groups is 1. The summed E-state index contributed by atoms with van der Waals surface area (Å²) in [5, 5.41) is 3.31. The quantitative estimate of drug-likeness (QED) is 0.705. The molecule has 0 aromatic rings. The number of nitrogens with zero attached hydrogens (tertiary/aromatic N) is 1. The number of primary amides is 1. The number of hydrogen-bond donors (Lipinski definition) is 2. The smallest absolute Gasteiger partial charge is 0.315 e. The molecule has 4 heteroatoms. The van der Waals surface area contributed by atoms with Crippen molar-refractivity contribution >= 4 is 6.03 Å². The molecule has 1 heterocycles. The maximum atomic E-state index is 11.1.